The number of carbonyl (C=O) groups is 2. The fourth-order valence-corrected chi connectivity index (χ4v) is 3.19. The monoisotopic (exact) mass is 420 g/mol. The number of para-hydroxylation sites is 1. The molecule has 0 spiro atoms. The Morgan fingerprint density at radius 3 is 2.55 bits per heavy atom. The van der Waals surface area contributed by atoms with Gasteiger partial charge in [-0.2, -0.15) is 0 Å². The minimum Gasteiger partial charge on any atom is -0.493 e. The van der Waals surface area contributed by atoms with Crippen LogP contribution in [0.25, 0.3) is 6.08 Å². The quantitative estimate of drug-likeness (QED) is 0.339. The molecule has 0 radical (unpaired) electrons. The molecule has 1 aliphatic rings. The Bertz CT molecular complexity index is 1210. The summed E-state index contributed by atoms with van der Waals surface area (Å²) in [5.74, 6) is -0.439. The van der Waals surface area contributed by atoms with E-state index in [1.807, 2.05) is 0 Å². The van der Waals surface area contributed by atoms with Crippen molar-refractivity contribution < 1.29 is 32.9 Å². The summed E-state index contributed by atoms with van der Waals surface area (Å²) >= 11 is 0. The summed E-state index contributed by atoms with van der Waals surface area (Å²) in [6, 6.07) is 15.1. The maximum atomic E-state index is 13.8. The van der Waals surface area contributed by atoms with Gasteiger partial charge in [-0.05, 0) is 36.4 Å². The van der Waals surface area contributed by atoms with E-state index in [0.29, 0.717) is 22.6 Å². The topological polar surface area (TPSA) is 71.1 Å². The Morgan fingerprint density at radius 2 is 1.81 bits per heavy atom. The van der Waals surface area contributed by atoms with E-state index in [0.717, 1.165) is 0 Å². The molecule has 0 bridgehead atoms. The molecular formula is C24H17FO6. The molecule has 1 heterocycles. The molecule has 0 saturated heterocycles. The summed E-state index contributed by atoms with van der Waals surface area (Å²) in [7, 11) is 3.02. The van der Waals surface area contributed by atoms with Crippen molar-refractivity contribution in [1.82, 2.24) is 0 Å². The van der Waals surface area contributed by atoms with Gasteiger partial charge >= 0.3 is 5.97 Å². The van der Waals surface area contributed by atoms with Gasteiger partial charge in [0.25, 0.3) is 0 Å². The second kappa shape index (κ2) is 8.31. The van der Waals surface area contributed by atoms with E-state index in [1.165, 1.54) is 56.7 Å². The molecule has 0 saturated carbocycles. The van der Waals surface area contributed by atoms with E-state index in [2.05, 4.69) is 0 Å². The minimum atomic E-state index is -0.848. The van der Waals surface area contributed by atoms with Gasteiger partial charge in [-0.25, -0.2) is 9.18 Å². The van der Waals surface area contributed by atoms with Gasteiger partial charge in [0.05, 0.1) is 25.3 Å². The molecule has 3 aromatic rings. The molecule has 3 aromatic carbocycles. The minimum absolute atomic E-state index is 0.0825. The van der Waals surface area contributed by atoms with E-state index >= 15 is 0 Å². The lowest BCUT2D eigenvalue weighted by molar-refractivity contribution is 0.0729. The highest BCUT2D eigenvalue weighted by atomic mass is 19.1. The average Bonchev–Trinajstić information content (AvgIpc) is 3.08. The van der Waals surface area contributed by atoms with Crippen LogP contribution in [-0.4, -0.2) is 26.0 Å². The summed E-state index contributed by atoms with van der Waals surface area (Å²) in [6.45, 7) is 0. The Kier molecular flexibility index (Phi) is 5.41. The first-order chi connectivity index (χ1) is 15.0. The van der Waals surface area contributed by atoms with Crippen LogP contribution in [0.4, 0.5) is 4.39 Å². The number of allylic oxidation sites excluding steroid dienone is 1. The Balaban J connectivity index is 1.60. The first kappa shape index (κ1) is 20.2. The van der Waals surface area contributed by atoms with Gasteiger partial charge in [0.15, 0.2) is 17.3 Å². The van der Waals surface area contributed by atoms with Gasteiger partial charge < -0.3 is 18.9 Å². The van der Waals surface area contributed by atoms with E-state index in [9.17, 15) is 14.0 Å². The maximum absolute atomic E-state index is 13.8. The van der Waals surface area contributed by atoms with Crippen LogP contribution in [0.1, 0.15) is 26.3 Å². The van der Waals surface area contributed by atoms with Crippen molar-refractivity contribution >= 4 is 17.8 Å². The van der Waals surface area contributed by atoms with Gasteiger partial charge in [0.1, 0.15) is 17.3 Å². The molecule has 0 N–H and O–H groups in total. The summed E-state index contributed by atoms with van der Waals surface area (Å²) < 4.78 is 35.4. The van der Waals surface area contributed by atoms with Gasteiger partial charge in [0, 0.05) is 11.6 Å². The third-order valence-corrected chi connectivity index (χ3v) is 4.67. The number of Topliss-reactive ketones (excluding diaryl/α,β-unsaturated/α-hetero) is 1. The van der Waals surface area contributed by atoms with Crippen LogP contribution >= 0.6 is 0 Å². The van der Waals surface area contributed by atoms with Crippen LogP contribution in [0.15, 0.2) is 66.4 Å². The highest BCUT2D eigenvalue weighted by Gasteiger charge is 2.29. The van der Waals surface area contributed by atoms with Gasteiger partial charge in [-0.15, -0.1) is 0 Å². The first-order valence-electron chi connectivity index (χ1n) is 9.28. The Morgan fingerprint density at radius 1 is 1.00 bits per heavy atom. The van der Waals surface area contributed by atoms with Crippen LogP contribution in [0.3, 0.4) is 0 Å². The fourth-order valence-electron chi connectivity index (χ4n) is 3.19. The number of carbonyl (C=O) groups excluding carboxylic acids is 2. The molecule has 0 aliphatic carbocycles. The molecule has 0 amide bonds. The summed E-state index contributed by atoms with van der Waals surface area (Å²) in [6.07, 6.45) is 1.55. The number of benzene rings is 3. The predicted molar refractivity (Wildman–Crippen MR) is 110 cm³/mol. The van der Waals surface area contributed by atoms with Gasteiger partial charge in [-0.3, -0.25) is 4.79 Å². The lowest BCUT2D eigenvalue weighted by Gasteiger charge is -2.10. The number of esters is 1. The summed E-state index contributed by atoms with van der Waals surface area (Å²) in [5, 5.41) is 0. The molecule has 0 aromatic heterocycles. The third kappa shape index (κ3) is 3.85. The maximum Gasteiger partial charge on any atom is 0.346 e. The van der Waals surface area contributed by atoms with Gasteiger partial charge in [-0.1, -0.05) is 24.3 Å². The number of hydrogen-bond acceptors (Lipinski definition) is 6. The van der Waals surface area contributed by atoms with E-state index in [-0.39, 0.29) is 28.6 Å². The first-order valence-corrected chi connectivity index (χ1v) is 9.28. The SMILES string of the molecule is COc1cccc(/C=C2\Oc3cc(OC(=O)c4ccccc4F)ccc3C2=O)c1OC. The zero-order valence-electron chi connectivity index (χ0n) is 16.7. The van der Waals surface area contributed by atoms with Crippen LogP contribution in [-0.2, 0) is 0 Å². The van der Waals surface area contributed by atoms with Crippen molar-refractivity contribution in [3.05, 3.63) is 88.9 Å². The van der Waals surface area contributed by atoms with Crippen LogP contribution in [0.2, 0.25) is 0 Å². The molecule has 1 aliphatic heterocycles. The Labute approximate surface area is 177 Å². The third-order valence-electron chi connectivity index (χ3n) is 4.67. The lowest BCUT2D eigenvalue weighted by atomic mass is 10.1. The van der Waals surface area contributed by atoms with Crippen LogP contribution in [0.5, 0.6) is 23.0 Å². The lowest BCUT2D eigenvalue weighted by Crippen LogP contribution is -2.10. The second-order valence-electron chi connectivity index (χ2n) is 6.55. The molecule has 6 nitrogen and oxygen atoms in total. The van der Waals surface area contributed by atoms with Crippen molar-refractivity contribution in [2.24, 2.45) is 0 Å². The largest absolute Gasteiger partial charge is 0.493 e. The smallest absolute Gasteiger partial charge is 0.346 e. The Hall–Kier alpha value is -4.13. The average molecular weight is 420 g/mol. The number of ketones is 1. The highest BCUT2D eigenvalue weighted by Crippen LogP contribution is 2.37. The number of halogens is 1. The normalized spacial score (nSPS) is 13.5. The van der Waals surface area contributed by atoms with Gasteiger partial charge in [0.2, 0.25) is 5.78 Å². The number of hydrogen-bond donors (Lipinski definition) is 0. The predicted octanol–water partition coefficient (Wildman–Crippen LogP) is 4.68. The van der Waals surface area contributed by atoms with Crippen molar-refractivity contribution in [3.8, 4) is 23.0 Å². The molecular weight excluding hydrogens is 403 g/mol. The number of rotatable bonds is 5. The van der Waals surface area contributed by atoms with Crippen molar-refractivity contribution in [1.29, 1.82) is 0 Å². The second-order valence-corrected chi connectivity index (χ2v) is 6.55. The van der Waals surface area contributed by atoms with Crippen LogP contribution < -0.4 is 18.9 Å². The number of fused-ring (bicyclic) bond motifs is 1. The van der Waals surface area contributed by atoms with E-state index in [4.69, 9.17) is 18.9 Å². The standard InChI is InChI=1S/C24H17FO6/c1-28-19-9-5-6-14(23(19)29-2)12-21-22(26)17-11-10-15(13-20(17)31-21)30-24(27)16-7-3-4-8-18(16)25/h3-13H,1-2H3/b21-12-. The molecule has 156 valence electrons. The fraction of sp³-hybridized carbons (Fsp3) is 0.0833. The van der Waals surface area contributed by atoms with E-state index in [1.54, 1.807) is 24.3 Å². The number of methoxy groups -OCH3 is 2. The zero-order chi connectivity index (χ0) is 22.0. The van der Waals surface area contributed by atoms with E-state index < -0.39 is 11.8 Å². The highest BCUT2D eigenvalue weighted by molar-refractivity contribution is 6.14. The molecule has 0 fully saturated rings. The molecule has 0 unspecified atom stereocenters. The van der Waals surface area contributed by atoms with Crippen molar-refractivity contribution in [2.45, 2.75) is 0 Å². The molecule has 0 atom stereocenters. The molecule has 7 heteroatoms. The van der Waals surface area contributed by atoms with Crippen molar-refractivity contribution in [2.75, 3.05) is 14.2 Å². The zero-order valence-corrected chi connectivity index (χ0v) is 16.7. The summed E-state index contributed by atoms with van der Waals surface area (Å²) in [5.41, 5.74) is 0.730. The molecule has 4 rings (SSSR count). The number of ether oxygens (including phenoxy) is 4. The van der Waals surface area contributed by atoms with Crippen molar-refractivity contribution in [3.63, 3.8) is 0 Å². The van der Waals surface area contributed by atoms with Crippen LogP contribution in [0, 0.1) is 5.82 Å². The summed E-state index contributed by atoms with van der Waals surface area (Å²) in [4.78, 5) is 25.0. The molecule has 31 heavy (non-hydrogen) atoms.